The van der Waals surface area contributed by atoms with Crippen LogP contribution >= 0.6 is 23.5 Å². The lowest BCUT2D eigenvalue weighted by atomic mass is 10.1. The van der Waals surface area contributed by atoms with E-state index in [9.17, 15) is 4.79 Å². The number of aryl methyl sites for hydroxylation is 1. The van der Waals surface area contributed by atoms with Crippen molar-refractivity contribution in [3.8, 4) is 0 Å². The van der Waals surface area contributed by atoms with Gasteiger partial charge in [0.1, 0.15) is 0 Å². The van der Waals surface area contributed by atoms with Gasteiger partial charge in [-0.1, -0.05) is 54.2 Å². The molecule has 0 aliphatic heterocycles. The van der Waals surface area contributed by atoms with Crippen molar-refractivity contribution in [2.45, 2.75) is 24.4 Å². The first kappa shape index (κ1) is 19.5. The molecule has 0 atom stereocenters. The van der Waals surface area contributed by atoms with E-state index < -0.39 is 0 Å². The van der Waals surface area contributed by atoms with E-state index in [2.05, 4.69) is 10.2 Å². The third-order valence-electron chi connectivity index (χ3n) is 3.83. The van der Waals surface area contributed by atoms with Crippen LogP contribution in [0.2, 0.25) is 0 Å². The fraction of sp³-hybridized carbons (Fsp3) is 0.250. The van der Waals surface area contributed by atoms with Crippen molar-refractivity contribution in [2.24, 2.45) is 0 Å². The Hall–Kier alpha value is -2.25. The van der Waals surface area contributed by atoms with Crippen molar-refractivity contribution in [3.63, 3.8) is 0 Å². The van der Waals surface area contributed by atoms with Crippen LogP contribution in [0.5, 0.6) is 0 Å². The highest BCUT2D eigenvalue weighted by molar-refractivity contribution is 7.99. The molecule has 0 fully saturated rings. The number of amides is 1. The second-order valence-electron chi connectivity index (χ2n) is 5.99. The topological polar surface area (TPSA) is 59.2 Å². The first-order valence-electron chi connectivity index (χ1n) is 8.51. The van der Waals surface area contributed by atoms with Crippen LogP contribution in [-0.2, 0) is 17.1 Å². The summed E-state index contributed by atoms with van der Waals surface area (Å²) in [4.78, 5) is 14.8. The van der Waals surface area contributed by atoms with Gasteiger partial charge in [-0.3, -0.25) is 4.79 Å². The van der Waals surface area contributed by atoms with E-state index in [-0.39, 0.29) is 11.7 Å². The van der Waals surface area contributed by atoms with Gasteiger partial charge in [0.25, 0.3) is 5.22 Å². The molecule has 1 aromatic heterocycles. The number of anilines is 1. The molecule has 7 heteroatoms. The quantitative estimate of drug-likeness (QED) is 0.517. The molecule has 1 heterocycles. The number of carbonyl (C=O) groups excluding carboxylic acids is 1. The lowest BCUT2D eigenvalue weighted by molar-refractivity contribution is -0.116. The highest BCUT2D eigenvalue weighted by Gasteiger charge is 2.18. The van der Waals surface area contributed by atoms with Crippen LogP contribution in [0.1, 0.15) is 17.0 Å². The van der Waals surface area contributed by atoms with Gasteiger partial charge in [-0.2, -0.15) is 11.8 Å². The van der Waals surface area contributed by atoms with Crippen LogP contribution in [0.3, 0.4) is 0 Å². The average Bonchev–Trinajstić information content (AvgIpc) is 3.13. The van der Waals surface area contributed by atoms with Crippen LogP contribution in [0.4, 0.5) is 5.69 Å². The van der Waals surface area contributed by atoms with Gasteiger partial charge in [-0.25, -0.2) is 0 Å². The molecule has 0 radical (unpaired) electrons. The van der Waals surface area contributed by atoms with E-state index in [0.29, 0.717) is 23.4 Å². The largest absolute Gasteiger partial charge is 0.415 e. The van der Waals surface area contributed by atoms with Crippen molar-refractivity contribution < 1.29 is 9.21 Å². The number of aromatic nitrogens is 2. The zero-order valence-corrected chi connectivity index (χ0v) is 16.9. The van der Waals surface area contributed by atoms with Gasteiger partial charge in [0.2, 0.25) is 11.8 Å². The summed E-state index contributed by atoms with van der Waals surface area (Å²) in [5, 5.41) is 8.41. The van der Waals surface area contributed by atoms with Crippen LogP contribution < -0.4 is 4.90 Å². The molecule has 2 aromatic carbocycles. The molecule has 0 saturated heterocycles. The Morgan fingerprint density at radius 3 is 2.67 bits per heavy atom. The molecular weight excluding hydrogens is 378 g/mol. The molecule has 0 saturated carbocycles. The second kappa shape index (κ2) is 9.62. The summed E-state index contributed by atoms with van der Waals surface area (Å²) in [6.45, 7) is 2.54. The van der Waals surface area contributed by atoms with Gasteiger partial charge in [-0.15, -0.1) is 10.2 Å². The minimum absolute atomic E-state index is 0.000861. The van der Waals surface area contributed by atoms with Gasteiger partial charge in [0.15, 0.2) is 0 Å². The average molecular weight is 400 g/mol. The van der Waals surface area contributed by atoms with E-state index in [0.717, 1.165) is 16.8 Å². The van der Waals surface area contributed by atoms with Gasteiger partial charge in [0.05, 0.1) is 18.1 Å². The van der Waals surface area contributed by atoms with Gasteiger partial charge in [0, 0.05) is 5.69 Å². The summed E-state index contributed by atoms with van der Waals surface area (Å²) < 4.78 is 5.55. The summed E-state index contributed by atoms with van der Waals surface area (Å²) >= 11 is 2.89. The summed E-state index contributed by atoms with van der Waals surface area (Å²) in [5.74, 6) is 1.49. The summed E-state index contributed by atoms with van der Waals surface area (Å²) in [6, 6.07) is 18.0. The number of thioether (sulfide) groups is 2. The van der Waals surface area contributed by atoms with Gasteiger partial charge < -0.3 is 9.32 Å². The molecular formula is C20H21N3O2S2. The SMILES string of the molecule is CSCc1nnc(SCC(=O)N(Cc2ccccc2)c2cccc(C)c2)o1. The Bertz CT molecular complexity index is 884. The maximum absolute atomic E-state index is 13.0. The Labute approximate surface area is 167 Å². The molecule has 1 amide bonds. The maximum Gasteiger partial charge on any atom is 0.277 e. The van der Waals surface area contributed by atoms with E-state index in [1.165, 1.54) is 11.8 Å². The van der Waals surface area contributed by atoms with Gasteiger partial charge in [-0.05, 0) is 36.4 Å². The molecule has 3 aromatic rings. The van der Waals surface area contributed by atoms with Crippen molar-refractivity contribution in [1.29, 1.82) is 0 Å². The molecule has 0 unspecified atom stereocenters. The molecule has 27 heavy (non-hydrogen) atoms. The fourth-order valence-corrected chi connectivity index (χ4v) is 3.59. The third-order valence-corrected chi connectivity index (χ3v) is 5.17. The highest BCUT2D eigenvalue weighted by atomic mass is 32.2. The molecule has 0 spiro atoms. The van der Waals surface area contributed by atoms with Crippen molar-refractivity contribution in [3.05, 3.63) is 71.6 Å². The van der Waals surface area contributed by atoms with E-state index in [1.54, 1.807) is 16.7 Å². The first-order valence-corrected chi connectivity index (χ1v) is 10.9. The Kier molecular flexibility index (Phi) is 6.95. The van der Waals surface area contributed by atoms with Crippen LogP contribution in [0.15, 0.2) is 64.2 Å². The highest BCUT2D eigenvalue weighted by Crippen LogP contribution is 2.23. The number of carbonyl (C=O) groups is 1. The molecule has 0 bridgehead atoms. The fourth-order valence-electron chi connectivity index (χ4n) is 2.57. The van der Waals surface area contributed by atoms with Crippen molar-refractivity contribution in [1.82, 2.24) is 10.2 Å². The first-order chi connectivity index (χ1) is 13.2. The summed E-state index contributed by atoms with van der Waals surface area (Å²) in [6.07, 6.45) is 1.98. The molecule has 0 N–H and O–H groups in total. The molecule has 0 aliphatic rings. The molecule has 3 rings (SSSR count). The predicted octanol–water partition coefficient (Wildman–Crippen LogP) is 4.57. The summed E-state index contributed by atoms with van der Waals surface area (Å²) in [7, 11) is 0. The Morgan fingerprint density at radius 2 is 1.93 bits per heavy atom. The third kappa shape index (κ3) is 5.61. The number of nitrogens with zero attached hydrogens (tertiary/aromatic N) is 3. The number of hydrogen-bond acceptors (Lipinski definition) is 6. The van der Waals surface area contributed by atoms with Crippen LogP contribution in [-0.4, -0.2) is 28.1 Å². The maximum atomic E-state index is 13.0. The predicted molar refractivity (Wildman–Crippen MR) is 111 cm³/mol. The van der Waals surface area contributed by atoms with Crippen molar-refractivity contribution >= 4 is 35.1 Å². The van der Waals surface area contributed by atoms with Crippen LogP contribution in [0.25, 0.3) is 0 Å². The van der Waals surface area contributed by atoms with E-state index >= 15 is 0 Å². The second-order valence-corrected chi connectivity index (χ2v) is 7.78. The zero-order valence-electron chi connectivity index (χ0n) is 15.3. The Morgan fingerprint density at radius 1 is 1.11 bits per heavy atom. The van der Waals surface area contributed by atoms with Crippen LogP contribution in [0, 0.1) is 6.92 Å². The molecule has 0 aliphatic carbocycles. The number of rotatable bonds is 8. The standard InChI is InChI=1S/C20H21N3O2S2/c1-15-7-6-10-17(11-15)23(12-16-8-4-3-5-9-16)19(24)14-27-20-22-21-18(25-20)13-26-2/h3-11H,12-14H2,1-2H3. The smallest absolute Gasteiger partial charge is 0.277 e. The van der Waals surface area contributed by atoms with E-state index in [4.69, 9.17) is 4.42 Å². The zero-order chi connectivity index (χ0) is 19.1. The minimum Gasteiger partial charge on any atom is -0.415 e. The lowest BCUT2D eigenvalue weighted by Crippen LogP contribution is -2.32. The number of hydrogen-bond donors (Lipinski definition) is 0. The minimum atomic E-state index is -0.000861. The van der Waals surface area contributed by atoms with Crippen molar-refractivity contribution in [2.75, 3.05) is 16.9 Å². The molecule has 5 nitrogen and oxygen atoms in total. The molecule has 140 valence electrons. The Balaban J connectivity index is 1.73. The number of benzene rings is 2. The normalized spacial score (nSPS) is 10.7. The van der Waals surface area contributed by atoms with E-state index in [1.807, 2.05) is 67.8 Å². The monoisotopic (exact) mass is 399 g/mol. The lowest BCUT2D eigenvalue weighted by Gasteiger charge is -2.23. The van der Waals surface area contributed by atoms with Gasteiger partial charge >= 0.3 is 0 Å². The summed E-state index contributed by atoms with van der Waals surface area (Å²) in [5.41, 5.74) is 3.08.